The molecule has 1 N–H and O–H groups in total. The molecule has 1 aliphatic heterocycles. The first-order chi connectivity index (χ1) is 13.7. The summed E-state index contributed by atoms with van der Waals surface area (Å²) < 4.78 is 6.33. The summed E-state index contributed by atoms with van der Waals surface area (Å²) in [6.07, 6.45) is 8.59. The summed E-state index contributed by atoms with van der Waals surface area (Å²) in [5.74, 6) is 0.964. The number of benzene rings is 1. The first kappa shape index (κ1) is 18.9. The molecule has 1 amide bonds. The molecular weight excluding hydrogens is 350 g/mol. The third kappa shape index (κ3) is 3.51. The second-order valence-corrected chi connectivity index (χ2v) is 7.81. The van der Waals surface area contributed by atoms with Gasteiger partial charge in [0.2, 0.25) is 5.91 Å². The number of nitrogens with one attached hydrogen (secondary N) is 1. The van der Waals surface area contributed by atoms with Gasteiger partial charge in [0.1, 0.15) is 11.3 Å². The van der Waals surface area contributed by atoms with Crippen LogP contribution in [0, 0.1) is 0 Å². The fourth-order valence-corrected chi connectivity index (χ4v) is 4.71. The van der Waals surface area contributed by atoms with Gasteiger partial charge in [-0.05, 0) is 63.3 Å². The van der Waals surface area contributed by atoms with Crippen molar-refractivity contribution in [3.8, 4) is 5.75 Å². The number of hydrogen-bond donors (Lipinski definition) is 1. The number of carbonyl (C=O) groups is 1. The number of hydrogen-bond acceptors (Lipinski definition) is 4. The highest BCUT2D eigenvalue weighted by Gasteiger charge is 2.49. The molecule has 0 bridgehead atoms. The minimum atomic E-state index is -0.726. The molecule has 0 spiro atoms. The molecule has 1 aromatic heterocycles. The number of amides is 1. The molecule has 2 aromatic rings. The van der Waals surface area contributed by atoms with Crippen molar-refractivity contribution in [2.75, 3.05) is 13.6 Å². The lowest BCUT2D eigenvalue weighted by atomic mass is 9.89. The summed E-state index contributed by atoms with van der Waals surface area (Å²) in [5, 5.41) is 2.88. The van der Waals surface area contributed by atoms with E-state index in [1.54, 1.807) is 13.2 Å². The lowest BCUT2D eigenvalue weighted by Gasteiger charge is -2.36. The SMILES string of the molecule is CNC(=O)[C@@]1(c2ccccn2)CCCN1Cc1ccccc1OC1CCCC1. The topological polar surface area (TPSA) is 54.5 Å². The van der Waals surface area contributed by atoms with E-state index in [0.29, 0.717) is 12.6 Å². The first-order valence-corrected chi connectivity index (χ1v) is 10.4. The number of pyridine rings is 1. The molecule has 1 saturated heterocycles. The highest BCUT2D eigenvalue weighted by Crippen LogP contribution is 2.40. The van der Waals surface area contributed by atoms with E-state index in [1.807, 2.05) is 24.3 Å². The maximum Gasteiger partial charge on any atom is 0.246 e. The highest BCUT2D eigenvalue weighted by molar-refractivity contribution is 5.87. The van der Waals surface area contributed by atoms with Gasteiger partial charge in [-0.1, -0.05) is 24.3 Å². The van der Waals surface area contributed by atoms with Gasteiger partial charge in [-0.2, -0.15) is 0 Å². The third-order valence-corrected chi connectivity index (χ3v) is 6.13. The van der Waals surface area contributed by atoms with Crippen LogP contribution in [0.3, 0.4) is 0 Å². The molecule has 1 saturated carbocycles. The first-order valence-electron chi connectivity index (χ1n) is 10.4. The van der Waals surface area contributed by atoms with E-state index < -0.39 is 5.54 Å². The lowest BCUT2D eigenvalue weighted by molar-refractivity contribution is -0.132. The largest absolute Gasteiger partial charge is 0.490 e. The predicted octanol–water partition coefficient (Wildman–Crippen LogP) is 3.64. The van der Waals surface area contributed by atoms with Crippen molar-refractivity contribution in [2.45, 2.75) is 56.7 Å². The molecule has 28 heavy (non-hydrogen) atoms. The minimum Gasteiger partial charge on any atom is -0.490 e. The second-order valence-electron chi connectivity index (χ2n) is 7.81. The molecule has 1 aromatic carbocycles. The number of aromatic nitrogens is 1. The van der Waals surface area contributed by atoms with Gasteiger partial charge in [0.25, 0.3) is 0 Å². The monoisotopic (exact) mass is 379 g/mol. The fourth-order valence-electron chi connectivity index (χ4n) is 4.71. The summed E-state index contributed by atoms with van der Waals surface area (Å²) >= 11 is 0. The van der Waals surface area contributed by atoms with Crippen molar-refractivity contribution in [2.24, 2.45) is 0 Å². The molecule has 0 unspecified atom stereocenters. The predicted molar refractivity (Wildman–Crippen MR) is 109 cm³/mol. The number of ether oxygens (including phenoxy) is 1. The van der Waals surface area contributed by atoms with Gasteiger partial charge < -0.3 is 10.1 Å². The van der Waals surface area contributed by atoms with Crippen LogP contribution in [-0.2, 0) is 16.9 Å². The Hall–Kier alpha value is -2.40. The van der Waals surface area contributed by atoms with Crippen LogP contribution in [0.5, 0.6) is 5.75 Å². The minimum absolute atomic E-state index is 0.0119. The summed E-state index contributed by atoms with van der Waals surface area (Å²) in [6, 6.07) is 14.1. The fraction of sp³-hybridized carbons (Fsp3) is 0.478. The van der Waals surface area contributed by atoms with Gasteiger partial charge in [0.15, 0.2) is 0 Å². The zero-order valence-corrected chi connectivity index (χ0v) is 16.6. The van der Waals surface area contributed by atoms with Gasteiger partial charge in [0.05, 0.1) is 11.8 Å². The maximum absolute atomic E-state index is 13.1. The Labute approximate surface area is 167 Å². The zero-order valence-electron chi connectivity index (χ0n) is 16.6. The Kier molecular flexibility index (Phi) is 5.62. The molecule has 4 rings (SSSR count). The second kappa shape index (κ2) is 8.31. The third-order valence-electron chi connectivity index (χ3n) is 6.13. The Morgan fingerprint density at radius 2 is 1.96 bits per heavy atom. The lowest BCUT2D eigenvalue weighted by Crippen LogP contribution is -2.52. The Morgan fingerprint density at radius 3 is 2.71 bits per heavy atom. The molecule has 2 fully saturated rings. The number of para-hydroxylation sites is 1. The van der Waals surface area contributed by atoms with Gasteiger partial charge in [-0.25, -0.2) is 0 Å². The Bertz CT molecular complexity index is 805. The van der Waals surface area contributed by atoms with E-state index in [-0.39, 0.29) is 5.91 Å². The molecule has 0 radical (unpaired) electrons. The number of likely N-dealkylation sites (tertiary alicyclic amines) is 1. The standard InChI is InChI=1S/C23H29N3O2/c1-24-22(27)23(21-13-6-7-15-25-21)14-8-16-26(23)17-18-9-2-5-12-20(18)28-19-10-3-4-11-19/h2,5-7,9,12-13,15,19H,3-4,8,10-11,14,16-17H2,1H3,(H,24,27)/t23-/m0/s1. The summed E-state index contributed by atoms with van der Waals surface area (Å²) in [5.41, 5.74) is 1.23. The van der Waals surface area contributed by atoms with Crippen molar-refractivity contribution in [1.82, 2.24) is 15.2 Å². The normalized spacial score (nSPS) is 23.0. The Morgan fingerprint density at radius 1 is 1.18 bits per heavy atom. The van der Waals surface area contributed by atoms with Gasteiger partial charge in [-0.15, -0.1) is 0 Å². The van der Waals surface area contributed by atoms with Crippen LogP contribution in [0.25, 0.3) is 0 Å². The van der Waals surface area contributed by atoms with Crippen LogP contribution in [0.1, 0.15) is 49.8 Å². The van der Waals surface area contributed by atoms with E-state index in [9.17, 15) is 4.79 Å². The number of carbonyl (C=O) groups excluding carboxylic acids is 1. The molecule has 148 valence electrons. The van der Waals surface area contributed by atoms with Crippen LogP contribution < -0.4 is 10.1 Å². The zero-order chi connectivity index (χ0) is 19.4. The number of likely N-dealkylation sites (N-methyl/N-ethyl adjacent to an activating group) is 1. The number of nitrogens with zero attached hydrogens (tertiary/aromatic N) is 2. The van der Waals surface area contributed by atoms with Gasteiger partial charge >= 0.3 is 0 Å². The average Bonchev–Trinajstić information content (AvgIpc) is 3.40. The van der Waals surface area contributed by atoms with E-state index in [0.717, 1.165) is 49.2 Å². The Balaban J connectivity index is 1.64. The van der Waals surface area contributed by atoms with Crippen LogP contribution in [0.15, 0.2) is 48.7 Å². The van der Waals surface area contributed by atoms with Gasteiger partial charge in [0, 0.05) is 25.4 Å². The summed E-state index contributed by atoms with van der Waals surface area (Å²) in [7, 11) is 1.71. The van der Waals surface area contributed by atoms with E-state index in [4.69, 9.17) is 4.74 Å². The molecule has 2 aliphatic rings. The van der Waals surface area contributed by atoms with Gasteiger partial charge in [-0.3, -0.25) is 14.7 Å². The highest BCUT2D eigenvalue weighted by atomic mass is 16.5. The van der Waals surface area contributed by atoms with Crippen molar-refractivity contribution in [1.29, 1.82) is 0 Å². The van der Waals surface area contributed by atoms with Crippen molar-refractivity contribution < 1.29 is 9.53 Å². The van der Waals surface area contributed by atoms with Crippen molar-refractivity contribution in [3.05, 3.63) is 59.9 Å². The molecule has 5 nitrogen and oxygen atoms in total. The average molecular weight is 380 g/mol. The number of rotatable bonds is 6. The van der Waals surface area contributed by atoms with E-state index in [2.05, 4.69) is 33.4 Å². The van der Waals surface area contributed by atoms with Crippen LogP contribution >= 0.6 is 0 Å². The molecule has 1 aliphatic carbocycles. The summed E-state index contributed by atoms with van der Waals surface area (Å²) in [4.78, 5) is 19.9. The molecule has 5 heteroatoms. The van der Waals surface area contributed by atoms with Crippen LogP contribution in [0.4, 0.5) is 0 Å². The molecule has 1 atom stereocenters. The van der Waals surface area contributed by atoms with E-state index >= 15 is 0 Å². The summed E-state index contributed by atoms with van der Waals surface area (Å²) in [6.45, 7) is 1.54. The van der Waals surface area contributed by atoms with Crippen molar-refractivity contribution in [3.63, 3.8) is 0 Å². The quantitative estimate of drug-likeness (QED) is 0.833. The molecular formula is C23H29N3O2. The van der Waals surface area contributed by atoms with Crippen LogP contribution in [-0.4, -0.2) is 35.5 Å². The smallest absolute Gasteiger partial charge is 0.246 e. The van der Waals surface area contributed by atoms with Crippen LogP contribution in [0.2, 0.25) is 0 Å². The van der Waals surface area contributed by atoms with E-state index in [1.165, 1.54) is 12.8 Å². The maximum atomic E-state index is 13.1. The van der Waals surface area contributed by atoms with Crippen molar-refractivity contribution >= 4 is 5.91 Å². The molecule has 2 heterocycles.